The Morgan fingerprint density at radius 2 is 1.07 bits per heavy atom. The number of halogens is 1. The summed E-state index contributed by atoms with van der Waals surface area (Å²) < 4.78 is 0. The van der Waals surface area contributed by atoms with Gasteiger partial charge in [-0.25, -0.2) is 0 Å². The van der Waals surface area contributed by atoms with Crippen molar-refractivity contribution < 1.29 is 35.7 Å². The quantitative estimate of drug-likeness (QED) is 0.280. The third kappa shape index (κ3) is 9.16. The second-order valence-electron chi connectivity index (χ2n) is 7.49. The van der Waals surface area contributed by atoms with Gasteiger partial charge in [0, 0.05) is 0 Å². The maximum Gasteiger partial charge on any atom is -1.00 e. The summed E-state index contributed by atoms with van der Waals surface area (Å²) in [7, 11) is 0. The minimum Gasteiger partial charge on any atom is -1.00 e. The Morgan fingerprint density at radius 3 is 1.38 bits per heavy atom. The van der Waals surface area contributed by atoms with Crippen LogP contribution in [0.2, 0.25) is 13.1 Å². The van der Waals surface area contributed by atoms with Crippen LogP contribution in [0, 0.1) is 0 Å². The first-order valence-corrected chi connectivity index (χ1v) is 16.5. The first-order valence-electron chi connectivity index (χ1n) is 10.3. The average Bonchev–Trinajstić information content (AvgIpc) is 3.25. The largest absolute Gasteiger partial charge is 1.00 e. The summed E-state index contributed by atoms with van der Waals surface area (Å²) in [6.07, 6.45) is 4.87. The third-order valence-corrected chi connectivity index (χ3v) is 4.43. The molecule has 0 N–H and O–H groups in total. The molecule has 3 heteroatoms. The van der Waals surface area contributed by atoms with Crippen LogP contribution in [0.15, 0.2) is 72.8 Å². The molecule has 0 spiro atoms. The molecule has 0 aromatic heterocycles. The SMILES string of the molecule is CCCc1cc2ccccc2[cH-]1.CCCc1cc2ccccc2[cH-]1.C[Si](C)=[Zr].[Cl-]. The van der Waals surface area contributed by atoms with Gasteiger partial charge in [0.25, 0.3) is 0 Å². The molecule has 154 valence electrons. The van der Waals surface area contributed by atoms with Crippen molar-refractivity contribution in [3.63, 3.8) is 0 Å². The number of hydrogen-bond donors (Lipinski definition) is 0. The van der Waals surface area contributed by atoms with E-state index < -0.39 is 0 Å². The van der Waals surface area contributed by atoms with Crippen molar-refractivity contribution in [2.75, 3.05) is 0 Å². The van der Waals surface area contributed by atoms with Crippen molar-refractivity contribution in [2.24, 2.45) is 0 Å². The minimum atomic E-state index is 0. The van der Waals surface area contributed by atoms with E-state index in [0.717, 1.165) is 0 Å². The van der Waals surface area contributed by atoms with Gasteiger partial charge in [-0.05, 0) is 12.8 Å². The summed E-state index contributed by atoms with van der Waals surface area (Å²) in [5.41, 5.74) is 3.15. The Hall–Kier alpha value is -0.950. The molecule has 0 aliphatic carbocycles. The summed E-state index contributed by atoms with van der Waals surface area (Å²) in [6.45, 7) is 9.06. The van der Waals surface area contributed by atoms with Crippen LogP contribution in [0.5, 0.6) is 0 Å². The number of aryl methyl sites for hydroxylation is 2. The molecule has 4 aromatic carbocycles. The molecule has 0 saturated heterocycles. The van der Waals surface area contributed by atoms with E-state index in [1.807, 2.05) is 0 Å². The predicted molar refractivity (Wildman–Crippen MR) is 125 cm³/mol. The molecule has 0 amide bonds. The van der Waals surface area contributed by atoms with Crippen molar-refractivity contribution in [1.29, 1.82) is 0 Å². The zero-order valence-electron chi connectivity index (χ0n) is 18.1. The number of hydrogen-bond acceptors (Lipinski definition) is 0. The molecule has 4 rings (SSSR count). The second kappa shape index (κ2) is 14.1. The molecular weight excluding hydrogens is 467 g/mol. The van der Waals surface area contributed by atoms with E-state index in [1.54, 1.807) is 23.3 Å². The van der Waals surface area contributed by atoms with E-state index in [9.17, 15) is 0 Å². The van der Waals surface area contributed by atoms with Crippen molar-refractivity contribution in [3.05, 3.63) is 83.9 Å². The standard InChI is InChI=1S/2C12H13.C2H6Si.ClH.Zr/c2*1-2-5-10-8-11-6-3-4-7-12(11)9-10;1-3-2;;/h2*3-4,6-9H,2,5H2,1H3;1-2H3;1H;/q2*-1;;;/p-1. The monoisotopic (exact) mass is 497 g/mol. The van der Waals surface area contributed by atoms with Crippen molar-refractivity contribution in [2.45, 2.75) is 52.6 Å². The Labute approximate surface area is 198 Å². The number of benzene rings is 2. The fraction of sp³-hybridized carbons (Fsp3) is 0.308. The molecule has 29 heavy (non-hydrogen) atoms. The Kier molecular flexibility index (Phi) is 12.7. The molecule has 0 aliphatic heterocycles. The minimum absolute atomic E-state index is 0. The van der Waals surface area contributed by atoms with E-state index in [2.05, 4.69) is 99.7 Å². The maximum atomic E-state index is 2.31. The van der Waals surface area contributed by atoms with Gasteiger partial charge in [0.15, 0.2) is 0 Å². The van der Waals surface area contributed by atoms with Crippen molar-refractivity contribution in [3.8, 4) is 0 Å². The van der Waals surface area contributed by atoms with Gasteiger partial charge in [-0.3, -0.25) is 0 Å². The van der Waals surface area contributed by atoms with Crippen LogP contribution < -0.4 is 12.4 Å². The average molecular weight is 499 g/mol. The van der Waals surface area contributed by atoms with Crippen LogP contribution in [0.25, 0.3) is 21.5 Å². The molecule has 4 aromatic rings. The smallest absolute Gasteiger partial charge is 1.00 e. The maximum absolute atomic E-state index is 2.31. The van der Waals surface area contributed by atoms with Crippen molar-refractivity contribution in [1.82, 2.24) is 0 Å². The first kappa shape index (κ1) is 26.1. The molecular formula is C26H32ClSiZr-3. The molecule has 0 heterocycles. The van der Waals surface area contributed by atoms with Gasteiger partial charge in [0.2, 0.25) is 0 Å². The third-order valence-electron chi connectivity index (χ3n) is 4.43. The first-order chi connectivity index (χ1) is 13.5. The summed E-state index contributed by atoms with van der Waals surface area (Å²) in [5, 5.41) is 5.50. The van der Waals surface area contributed by atoms with Gasteiger partial charge < -0.3 is 12.4 Å². The fourth-order valence-corrected chi connectivity index (χ4v) is 3.30. The summed E-state index contributed by atoms with van der Waals surface area (Å²) in [5.74, 6) is 0. The molecule has 0 atom stereocenters. The van der Waals surface area contributed by atoms with Gasteiger partial charge in [-0.2, -0.15) is 12.1 Å². The Balaban J connectivity index is 0.000000239. The molecule has 0 unspecified atom stereocenters. The summed E-state index contributed by atoms with van der Waals surface area (Å²) >= 11 is 1.74. The van der Waals surface area contributed by atoms with Gasteiger partial charge >= 0.3 is 41.9 Å². The molecule has 0 bridgehead atoms. The number of fused-ring (bicyclic) bond motifs is 2. The summed E-state index contributed by atoms with van der Waals surface area (Å²) in [4.78, 5) is 0. The molecule has 0 nitrogen and oxygen atoms in total. The van der Waals surface area contributed by atoms with Gasteiger partial charge in [-0.15, -0.1) is 81.2 Å². The van der Waals surface area contributed by atoms with Crippen molar-refractivity contribution >= 4 is 27.0 Å². The van der Waals surface area contributed by atoms with Gasteiger partial charge in [0.05, 0.1) is 0 Å². The van der Waals surface area contributed by atoms with Crippen LogP contribution in [0.3, 0.4) is 0 Å². The van der Waals surface area contributed by atoms with Crippen LogP contribution in [-0.2, 0) is 36.2 Å². The zero-order chi connectivity index (χ0) is 20.4. The Morgan fingerprint density at radius 1 is 0.724 bits per heavy atom. The van der Waals surface area contributed by atoms with Gasteiger partial charge in [0.1, 0.15) is 0 Å². The van der Waals surface area contributed by atoms with Crippen LogP contribution >= 0.6 is 0 Å². The number of rotatable bonds is 4. The Bertz CT molecular complexity index is 850. The fourth-order valence-electron chi connectivity index (χ4n) is 3.30. The molecule has 0 fully saturated rings. The van der Waals surface area contributed by atoms with Crippen LogP contribution in [0.1, 0.15) is 37.8 Å². The van der Waals surface area contributed by atoms with Crippen LogP contribution in [-0.4, -0.2) is 5.43 Å². The summed E-state index contributed by atoms with van der Waals surface area (Å²) in [6, 6.07) is 26.2. The topological polar surface area (TPSA) is 0 Å². The van der Waals surface area contributed by atoms with E-state index >= 15 is 0 Å². The van der Waals surface area contributed by atoms with E-state index in [1.165, 1.54) is 58.4 Å². The normalized spacial score (nSPS) is 9.76. The molecule has 0 saturated carbocycles. The van der Waals surface area contributed by atoms with Crippen LogP contribution in [0.4, 0.5) is 0 Å². The molecule has 0 radical (unpaired) electrons. The second-order valence-corrected chi connectivity index (χ2v) is 16.9. The van der Waals surface area contributed by atoms with E-state index in [4.69, 9.17) is 0 Å². The predicted octanol–water partition coefficient (Wildman–Crippen LogP) is 4.81. The molecule has 0 aliphatic rings. The van der Waals surface area contributed by atoms with E-state index in [0.29, 0.717) is 0 Å². The van der Waals surface area contributed by atoms with Gasteiger partial charge in [-0.1, -0.05) is 38.8 Å². The van der Waals surface area contributed by atoms with E-state index in [-0.39, 0.29) is 17.8 Å². The zero-order valence-corrected chi connectivity index (χ0v) is 22.3.